The molecular formula is C20H26N2O4. The Morgan fingerprint density at radius 3 is 2.50 bits per heavy atom. The quantitative estimate of drug-likeness (QED) is 0.796. The first-order valence-electron chi connectivity index (χ1n) is 9.54. The molecule has 1 aromatic heterocycles. The molecular weight excluding hydrogens is 332 g/mol. The molecule has 0 spiro atoms. The van der Waals surface area contributed by atoms with Gasteiger partial charge in [-0.25, -0.2) is 0 Å². The van der Waals surface area contributed by atoms with Crippen molar-refractivity contribution in [2.45, 2.75) is 44.4 Å². The molecule has 2 aromatic rings. The van der Waals surface area contributed by atoms with Crippen LogP contribution in [0.3, 0.4) is 0 Å². The van der Waals surface area contributed by atoms with Crippen LogP contribution in [0, 0.1) is 0 Å². The van der Waals surface area contributed by atoms with Crippen molar-refractivity contribution in [3.8, 4) is 0 Å². The standard InChI is InChI=1S/C20H26N2O4/c23-20(22-12-15-6-4-10-25-15)19-17(13-21-11-14-5-3-9-24-14)16-7-1-2-8-18(16)26-19/h1-2,7-8,14-15,21H,3-6,9-13H2,(H,22,23). The number of furan rings is 1. The Balaban J connectivity index is 1.46. The second-order valence-electron chi connectivity index (χ2n) is 7.02. The fraction of sp³-hybridized carbons (Fsp3) is 0.550. The number of amides is 1. The van der Waals surface area contributed by atoms with Gasteiger partial charge in [-0.15, -0.1) is 0 Å². The van der Waals surface area contributed by atoms with Gasteiger partial charge in [0.05, 0.1) is 12.2 Å². The van der Waals surface area contributed by atoms with Gasteiger partial charge in [0.1, 0.15) is 5.58 Å². The molecule has 2 N–H and O–H groups in total. The summed E-state index contributed by atoms with van der Waals surface area (Å²) in [5, 5.41) is 7.37. The number of carbonyl (C=O) groups is 1. The van der Waals surface area contributed by atoms with E-state index in [1.165, 1.54) is 0 Å². The van der Waals surface area contributed by atoms with Crippen LogP contribution in [0.5, 0.6) is 0 Å². The van der Waals surface area contributed by atoms with Crippen LogP contribution in [0.25, 0.3) is 11.0 Å². The molecule has 1 amide bonds. The van der Waals surface area contributed by atoms with Crippen LogP contribution in [0.2, 0.25) is 0 Å². The molecule has 0 bridgehead atoms. The first kappa shape index (κ1) is 17.5. The minimum Gasteiger partial charge on any atom is -0.451 e. The number of hydrogen-bond donors (Lipinski definition) is 2. The van der Waals surface area contributed by atoms with Gasteiger partial charge in [-0.1, -0.05) is 18.2 Å². The van der Waals surface area contributed by atoms with E-state index in [9.17, 15) is 4.79 Å². The van der Waals surface area contributed by atoms with Gasteiger partial charge in [0, 0.05) is 43.8 Å². The number of rotatable bonds is 7. The first-order chi connectivity index (χ1) is 12.8. The van der Waals surface area contributed by atoms with E-state index in [0.717, 1.165) is 62.0 Å². The molecule has 26 heavy (non-hydrogen) atoms. The van der Waals surface area contributed by atoms with Crippen molar-refractivity contribution >= 4 is 16.9 Å². The Hall–Kier alpha value is -1.89. The molecule has 3 heterocycles. The third kappa shape index (κ3) is 3.92. The number of nitrogens with one attached hydrogen (secondary N) is 2. The van der Waals surface area contributed by atoms with Crippen molar-refractivity contribution in [1.29, 1.82) is 0 Å². The highest BCUT2D eigenvalue weighted by molar-refractivity contribution is 5.99. The van der Waals surface area contributed by atoms with Gasteiger partial charge in [-0.3, -0.25) is 4.79 Å². The van der Waals surface area contributed by atoms with E-state index in [1.54, 1.807) is 0 Å². The lowest BCUT2D eigenvalue weighted by atomic mass is 10.1. The number of hydrogen-bond acceptors (Lipinski definition) is 5. The van der Waals surface area contributed by atoms with Crippen molar-refractivity contribution in [3.63, 3.8) is 0 Å². The van der Waals surface area contributed by atoms with Crippen LogP contribution >= 0.6 is 0 Å². The Labute approximate surface area is 153 Å². The van der Waals surface area contributed by atoms with Crippen molar-refractivity contribution in [3.05, 3.63) is 35.6 Å². The number of benzene rings is 1. The van der Waals surface area contributed by atoms with Crippen LogP contribution in [-0.4, -0.2) is 44.4 Å². The summed E-state index contributed by atoms with van der Waals surface area (Å²) in [4.78, 5) is 12.7. The summed E-state index contributed by atoms with van der Waals surface area (Å²) in [6.45, 7) is 3.52. The van der Waals surface area contributed by atoms with E-state index >= 15 is 0 Å². The van der Waals surface area contributed by atoms with E-state index in [0.29, 0.717) is 18.8 Å². The lowest BCUT2D eigenvalue weighted by Gasteiger charge is -2.12. The summed E-state index contributed by atoms with van der Waals surface area (Å²) in [5.74, 6) is 0.217. The van der Waals surface area contributed by atoms with Crippen molar-refractivity contribution in [2.24, 2.45) is 0 Å². The molecule has 0 saturated carbocycles. The molecule has 1 aromatic carbocycles. The van der Waals surface area contributed by atoms with Crippen LogP contribution in [0.1, 0.15) is 41.8 Å². The lowest BCUT2D eigenvalue weighted by Crippen LogP contribution is -2.32. The fourth-order valence-electron chi connectivity index (χ4n) is 3.71. The van der Waals surface area contributed by atoms with E-state index in [-0.39, 0.29) is 18.1 Å². The zero-order valence-electron chi connectivity index (χ0n) is 15.0. The zero-order valence-corrected chi connectivity index (χ0v) is 15.0. The maximum Gasteiger partial charge on any atom is 0.287 e. The number of fused-ring (bicyclic) bond motifs is 1. The molecule has 2 aliphatic rings. The Bertz CT molecular complexity index is 745. The molecule has 140 valence electrons. The average molecular weight is 358 g/mol. The highest BCUT2D eigenvalue weighted by Gasteiger charge is 2.23. The molecule has 2 atom stereocenters. The average Bonchev–Trinajstić information content (AvgIpc) is 3.41. The third-order valence-corrected chi connectivity index (χ3v) is 5.12. The molecule has 0 radical (unpaired) electrons. The fourth-order valence-corrected chi connectivity index (χ4v) is 3.71. The SMILES string of the molecule is O=C(NCC1CCCO1)c1oc2ccccc2c1CNCC1CCCO1. The molecule has 6 nitrogen and oxygen atoms in total. The second-order valence-corrected chi connectivity index (χ2v) is 7.02. The molecule has 0 aliphatic carbocycles. The summed E-state index contributed by atoms with van der Waals surface area (Å²) in [6, 6.07) is 7.79. The molecule has 2 unspecified atom stereocenters. The van der Waals surface area contributed by atoms with Gasteiger partial charge in [-0.05, 0) is 31.7 Å². The lowest BCUT2D eigenvalue weighted by molar-refractivity contribution is 0.0835. The van der Waals surface area contributed by atoms with E-state index in [1.807, 2.05) is 24.3 Å². The van der Waals surface area contributed by atoms with Crippen molar-refractivity contribution in [2.75, 3.05) is 26.3 Å². The maximum atomic E-state index is 12.7. The third-order valence-electron chi connectivity index (χ3n) is 5.12. The van der Waals surface area contributed by atoms with Gasteiger partial charge in [0.15, 0.2) is 5.76 Å². The normalized spacial score (nSPS) is 22.9. The van der Waals surface area contributed by atoms with Crippen LogP contribution in [-0.2, 0) is 16.0 Å². The summed E-state index contributed by atoms with van der Waals surface area (Å²) in [7, 11) is 0. The van der Waals surface area contributed by atoms with Crippen molar-refractivity contribution < 1.29 is 18.7 Å². The summed E-state index contributed by atoms with van der Waals surface area (Å²) < 4.78 is 17.1. The van der Waals surface area contributed by atoms with E-state index < -0.39 is 0 Å². The second kappa shape index (κ2) is 8.20. The minimum absolute atomic E-state index is 0.115. The zero-order chi connectivity index (χ0) is 17.8. The monoisotopic (exact) mass is 358 g/mol. The van der Waals surface area contributed by atoms with Crippen LogP contribution in [0.15, 0.2) is 28.7 Å². The predicted molar refractivity (Wildman–Crippen MR) is 98.2 cm³/mol. The molecule has 2 aliphatic heterocycles. The Morgan fingerprint density at radius 2 is 1.77 bits per heavy atom. The number of carbonyl (C=O) groups excluding carboxylic acids is 1. The smallest absolute Gasteiger partial charge is 0.287 e. The number of para-hydroxylation sites is 1. The van der Waals surface area contributed by atoms with Crippen LogP contribution < -0.4 is 10.6 Å². The molecule has 2 saturated heterocycles. The summed E-state index contributed by atoms with van der Waals surface area (Å²) in [5.41, 5.74) is 1.65. The van der Waals surface area contributed by atoms with E-state index in [2.05, 4.69) is 10.6 Å². The van der Waals surface area contributed by atoms with Crippen molar-refractivity contribution in [1.82, 2.24) is 10.6 Å². The van der Waals surface area contributed by atoms with Gasteiger partial charge >= 0.3 is 0 Å². The summed E-state index contributed by atoms with van der Waals surface area (Å²) in [6.07, 6.45) is 4.65. The topological polar surface area (TPSA) is 72.7 Å². The minimum atomic E-state index is -0.175. The summed E-state index contributed by atoms with van der Waals surface area (Å²) >= 11 is 0. The largest absolute Gasteiger partial charge is 0.451 e. The molecule has 6 heteroatoms. The highest BCUT2D eigenvalue weighted by atomic mass is 16.5. The van der Waals surface area contributed by atoms with E-state index in [4.69, 9.17) is 13.9 Å². The van der Waals surface area contributed by atoms with Gasteiger partial charge in [0.25, 0.3) is 5.91 Å². The van der Waals surface area contributed by atoms with Gasteiger partial charge < -0.3 is 24.5 Å². The maximum absolute atomic E-state index is 12.7. The first-order valence-corrected chi connectivity index (χ1v) is 9.54. The highest BCUT2D eigenvalue weighted by Crippen LogP contribution is 2.26. The Kier molecular flexibility index (Phi) is 5.53. The predicted octanol–water partition coefficient (Wildman–Crippen LogP) is 2.61. The molecule has 2 fully saturated rings. The van der Waals surface area contributed by atoms with Gasteiger partial charge in [-0.2, -0.15) is 0 Å². The van der Waals surface area contributed by atoms with Gasteiger partial charge in [0.2, 0.25) is 0 Å². The van der Waals surface area contributed by atoms with Crippen LogP contribution in [0.4, 0.5) is 0 Å². The number of ether oxygens (including phenoxy) is 2. The molecule has 4 rings (SSSR count). The Morgan fingerprint density at radius 1 is 1.04 bits per heavy atom.